The van der Waals surface area contributed by atoms with Crippen molar-refractivity contribution < 1.29 is 4.79 Å². The second kappa shape index (κ2) is 4.77. The standard InChI is InChI=1S/C12H9ClN2O/c13-10-3-5-11(6-4-10)15-12(16)9-2-1-7-14-8-9/h1-8H,(H,15,16). The molecule has 80 valence electrons. The third kappa shape index (κ3) is 2.58. The third-order valence-electron chi connectivity index (χ3n) is 2.03. The fraction of sp³-hybridized carbons (Fsp3) is 0. The van der Waals surface area contributed by atoms with Crippen molar-refractivity contribution in [1.82, 2.24) is 4.98 Å². The molecule has 0 fully saturated rings. The van der Waals surface area contributed by atoms with Crippen molar-refractivity contribution in [2.75, 3.05) is 5.32 Å². The van der Waals surface area contributed by atoms with E-state index in [9.17, 15) is 4.79 Å². The van der Waals surface area contributed by atoms with Crippen LogP contribution in [0, 0.1) is 0 Å². The minimum atomic E-state index is -0.185. The van der Waals surface area contributed by atoms with Crippen LogP contribution in [0.4, 0.5) is 5.69 Å². The van der Waals surface area contributed by atoms with Crippen molar-refractivity contribution in [2.24, 2.45) is 0 Å². The number of rotatable bonds is 2. The molecule has 16 heavy (non-hydrogen) atoms. The lowest BCUT2D eigenvalue weighted by molar-refractivity contribution is 0.102. The van der Waals surface area contributed by atoms with E-state index in [0.29, 0.717) is 16.3 Å². The first kappa shape index (κ1) is 10.6. The highest BCUT2D eigenvalue weighted by Gasteiger charge is 2.04. The molecule has 3 nitrogen and oxygen atoms in total. The molecule has 0 spiro atoms. The van der Waals surface area contributed by atoms with Gasteiger partial charge in [-0.2, -0.15) is 0 Å². The first-order valence-electron chi connectivity index (χ1n) is 4.72. The number of benzene rings is 1. The molecule has 1 heterocycles. The van der Waals surface area contributed by atoms with Gasteiger partial charge in [0.1, 0.15) is 0 Å². The van der Waals surface area contributed by atoms with Crippen molar-refractivity contribution >= 4 is 23.2 Å². The van der Waals surface area contributed by atoms with Gasteiger partial charge in [-0.1, -0.05) is 11.6 Å². The van der Waals surface area contributed by atoms with Gasteiger partial charge >= 0.3 is 0 Å². The number of pyridine rings is 1. The summed E-state index contributed by atoms with van der Waals surface area (Å²) in [5.41, 5.74) is 1.23. The number of carbonyl (C=O) groups excluding carboxylic acids is 1. The quantitative estimate of drug-likeness (QED) is 0.865. The molecule has 0 aliphatic rings. The summed E-state index contributed by atoms with van der Waals surface area (Å²) in [5.74, 6) is -0.185. The van der Waals surface area contributed by atoms with E-state index in [1.807, 2.05) is 0 Å². The van der Waals surface area contributed by atoms with Gasteiger partial charge in [0.15, 0.2) is 0 Å². The molecule has 1 amide bonds. The lowest BCUT2D eigenvalue weighted by Crippen LogP contribution is -2.11. The Labute approximate surface area is 98.1 Å². The monoisotopic (exact) mass is 232 g/mol. The molecule has 0 aliphatic carbocycles. The van der Waals surface area contributed by atoms with Crippen LogP contribution in [-0.2, 0) is 0 Å². The highest BCUT2D eigenvalue weighted by atomic mass is 35.5. The van der Waals surface area contributed by atoms with E-state index in [-0.39, 0.29) is 5.91 Å². The Morgan fingerprint density at radius 3 is 2.56 bits per heavy atom. The molecule has 0 unspecified atom stereocenters. The van der Waals surface area contributed by atoms with E-state index in [0.717, 1.165) is 0 Å². The number of aromatic nitrogens is 1. The summed E-state index contributed by atoms with van der Waals surface area (Å²) in [6.07, 6.45) is 3.14. The van der Waals surface area contributed by atoms with Crippen molar-refractivity contribution in [2.45, 2.75) is 0 Å². The Bertz CT molecular complexity index is 482. The average Bonchev–Trinajstić information content (AvgIpc) is 2.33. The van der Waals surface area contributed by atoms with Crippen LogP contribution in [0.1, 0.15) is 10.4 Å². The van der Waals surface area contributed by atoms with E-state index in [1.54, 1.807) is 42.6 Å². The molecular weight excluding hydrogens is 224 g/mol. The van der Waals surface area contributed by atoms with Crippen LogP contribution in [0.15, 0.2) is 48.8 Å². The molecule has 1 aromatic heterocycles. The lowest BCUT2D eigenvalue weighted by Gasteiger charge is -2.04. The van der Waals surface area contributed by atoms with Gasteiger partial charge < -0.3 is 5.32 Å². The number of amides is 1. The predicted octanol–water partition coefficient (Wildman–Crippen LogP) is 2.99. The summed E-state index contributed by atoms with van der Waals surface area (Å²) in [6, 6.07) is 10.4. The smallest absolute Gasteiger partial charge is 0.257 e. The van der Waals surface area contributed by atoms with E-state index in [1.165, 1.54) is 6.20 Å². The van der Waals surface area contributed by atoms with Crippen LogP contribution in [0.2, 0.25) is 5.02 Å². The first-order chi connectivity index (χ1) is 7.75. The van der Waals surface area contributed by atoms with E-state index < -0.39 is 0 Å². The Kier molecular flexibility index (Phi) is 3.17. The van der Waals surface area contributed by atoms with Gasteiger partial charge in [0.05, 0.1) is 5.56 Å². The molecule has 0 atom stereocenters. The second-order valence-electron chi connectivity index (χ2n) is 3.20. The Morgan fingerprint density at radius 1 is 1.19 bits per heavy atom. The number of nitrogens with one attached hydrogen (secondary N) is 1. The van der Waals surface area contributed by atoms with Crippen molar-refractivity contribution in [3.63, 3.8) is 0 Å². The zero-order chi connectivity index (χ0) is 11.4. The van der Waals surface area contributed by atoms with Gasteiger partial charge in [-0.25, -0.2) is 0 Å². The predicted molar refractivity (Wildman–Crippen MR) is 63.6 cm³/mol. The summed E-state index contributed by atoms with van der Waals surface area (Å²) in [7, 11) is 0. The van der Waals surface area contributed by atoms with Crippen LogP contribution < -0.4 is 5.32 Å². The van der Waals surface area contributed by atoms with Crippen molar-refractivity contribution in [3.8, 4) is 0 Å². The molecule has 0 saturated heterocycles. The maximum atomic E-state index is 11.7. The normalized spacial score (nSPS) is 9.81. The Hall–Kier alpha value is -1.87. The van der Waals surface area contributed by atoms with Gasteiger partial charge in [-0.05, 0) is 36.4 Å². The first-order valence-corrected chi connectivity index (χ1v) is 5.10. The number of hydrogen-bond donors (Lipinski definition) is 1. The highest BCUT2D eigenvalue weighted by molar-refractivity contribution is 6.30. The maximum absolute atomic E-state index is 11.7. The number of carbonyl (C=O) groups is 1. The van der Waals surface area contributed by atoms with E-state index in [4.69, 9.17) is 11.6 Å². The van der Waals surface area contributed by atoms with Crippen LogP contribution >= 0.6 is 11.6 Å². The summed E-state index contributed by atoms with van der Waals surface area (Å²) in [5, 5.41) is 3.39. The van der Waals surface area contributed by atoms with Crippen LogP contribution in [-0.4, -0.2) is 10.9 Å². The maximum Gasteiger partial charge on any atom is 0.257 e. The van der Waals surface area contributed by atoms with Crippen LogP contribution in [0.3, 0.4) is 0 Å². The summed E-state index contributed by atoms with van der Waals surface area (Å²) >= 11 is 5.74. The molecule has 2 aromatic rings. The van der Waals surface area contributed by atoms with Gasteiger partial charge in [0, 0.05) is 23.1 Å². The zero-order valence-corrected chi connectivity index (χ0v) is 9.11. The van der Waals surface area contributed by atoms with Crippen molar-refractivity contribution in [3.05, 3.63) is 59.4 Å². The minimum Gasteiger partial charge on any atom is -0.322 e. The zero-order valence-electron chi connectivity index (χ0n) is 8.35. The largest absolute Gasteiger partial charge is 0.322 e. The summed E-state index contributed by atoms with van der Waals surface area (Å²) in [6.45, 7) is 0. The number of hydrogen-bond acceptors (Lipinski definition) is 2. The lowest BCUT2D eigenvalue weighted by atomic mass is 10.2. The topological polar surface area (TPSA) is 42.0 Å². The highest BCUT2D eigenvalue weighted by Crippen LogP contribution is 2.14. The Balaban J connectivity index is 2.11. The third-order valence-corrected chi connectivity index (χ3v) is 2.28. The van der Waals surface area contributed by atoms with Gasteiger partial charge in [-0.15, -0.1) is 0 Å². The molecule has 2 rings (SSSR count). The molecule has 4 heteroatoms. The average molecular weight is 233 g/mol. The minimum absolute atomic E-state index is 0.185. The SMILES string of the molecule is O=C(Nc1ccc(Cl)cc1)c1cccnc1. The molecule has 0 bridgehead atoms. The van der Waals surface area contributed by atoms with Crippen molar-refractivity contribution in [1.29, 1.82) is 0 Å². The summed E-state index contributed by atoms with van der Waals surface area (Å²) < 4.78 is 0. The molecule has 0 saturated carbocycles. The second-order valence-corrected chi connectivity index (χ2v) is 3.64. The van der Waals surface area contributed by atoms with Gasteiger partial charge in [-0.3, -0.25) is 9.78 Å². The van der Waals surface area contributed by atoms with Crippen LogP contribution in [0.5, 0.6) is 0 Å². The number of halogens is 1. The molecule has 1 aromatic carbocycles. The molecular formula is C12H9ClN2O. The molecule has 1 N–H and O–H groups in total. The van der Waals surface area contributed by atoms with E-state index >= 15 is 0 Å². The number of nitrogens with zero attached hydrogens (tertiary/aromatic N) is 1. The Morgan fingerprint density at radius 2 is 1.94 bits per heavy atom. The number of anilines is 1. The van der Waals surface area contributed by atoms with Crippen LogP contribution in [0.25, 0.3) is 0 Å². The fourth-order valence-corrected chi connectivity index (χ4v) is 1.36. The molecule has 0 aliphatic heterocycles. The van der Waals surface area contributed by atoms with Gasteiger partial charge in [0.2, 0.25) is 0 Å². The summed E-state index contributed by atoms with van der Waals surface area (Å²) in [4.78, 5) is 15.6. The fourth-order valence-electron chi connectivity index (χ4n) is 1.23. The molecule has 0 radical (unpaired) electrons. The van der Waals surface area contributed by atoms with E-state index in [2.05, 4.69) is 10.3 Å². The van der Waals surface area contributed by atoms with Gasteiger partial charge in [0.25, 0.3) is 5.91 Å².